The Kier molecular flexibility index (Phi) is 3.63. The highest BCUT2D eigenvalue weighted by atomic mass is 16.1. The number of allylic oxidation sites excluding steroid dienone is 1. The first kappa shape index (κ1) is 6.99. The Morgan fingerprint density at radius 3 is 2.88 bits per heavy atom. The lowest BCUT2D eigenvalue weighted by atomic mass is 10.3. The summed E-state index contributed by atoms with van der Waals surface area (Å²) in [6.07, 6.45) is 2.73. The molecule has 0 aliphatic carbocycles. The first-order chi connectivity index (χ1) is 3.77. The van der Waals surface area contributed by atoms with Gasteiger partial charge in [0.05, 0.1) is 0 Å². The molecule has 0 fully saturated rings. The Morgan fingerprint density at radius 1 is 1.88 bits per heavy atom. The van der Waals surface area contributed by atoms with Gasteiger partial charge in [0.25, 0.3) is 0 Å². The van der Waals surface area contributed by atoms with Gasteiger partial charge < -0.3 is 5.73 Å². The maximum absolute atomic E-state index is 10.0. The van der Waals surface area contributed by atoms with Crippen molar-refractivity contribution in [2.45, 2.75) is 12.8 Å². The van der Waals surface area contributed by atoms with Gasteiger partial charge in [-0.1, -0.05) is 6.58 Å². The highest BCUT2D eigenvalue weighted by Crippen LogP contribution is 1.85. The fraction of sp³-hybridized carbons (Fsp3) is 0.333. The van der Waals surface area contributed by atoms with E-state index in [1.807, 2.05) is 0 Å². The molecular formula is C6H9NO. The second-order valence-corrected chi connectivity index (χ2v) is 1.41. The molecule has 0 aromatic rings. The van der Waals surface area contributed by atoms with Crippen LogP contribution in [-0.4, -0.2) is 5.91 Å². The van der Waals surface area contributed by atoms with Gasteiger partial charge in [-0.3, -0.25) is 4.79 Å². The number of hydrogen-bond donors (Lipinski definition) is 1. The maximum Gasteiger partial charge on any atom is 0.217 e. The van der Waals surface area contributed by atoms with Crippen molar-refractivity contribution < 1.29 is 4.79 Å². The molecule has 0 saturated heterocycles. The fourth-order valence-corrected chi connectivity index (χ4v) is 0.316. The zero-order chi connectivity index (χ0) is 6.41. The highest BCUT2D eigenvalue weighted by Gasteiger charge is 1.86. The zero-order valence-electron chi connectivity index (χ0n) is 4.68. The Morgan fingerprint density at radius 2 is 2.50 bits per heavy atom. The molecule has 0 aromatic carbocycles. The number of hydrogen-bond acceptors (Lipinski definition) is 1. The summed E-state index contributed by atoms with van der Waals surface area (Å²) in [7, 11) is 0. The summed E-state index contributed by atoms with van der Waals surface area (Å²) in [6.45, 7) is 3.32. The second-order valence-electron chi connectivity index (χ2n) is 1.41. The number of primary amides is 1. The van der Waals surface area contributed by atoms with Crippen molar-refractivity contribution >= 4 is 5.91 Å². The van der Waals surface area contributed by atoms with E-state index in [1.165, 1.54) is 0 Å². The highest BCUT2D eigenvalue weighted by molar-refractivity contribution is 5.73. The molecule has 0 aliphatic rings. The predicted octanol–water partition coefficient (Wildman–Crippen LogP) is 0.593. The van der Waals surface area contributed by atoms with Gasteiger partial charge in [0.2, 0.25) is 5.91 Å². The average Bonchev–Trinajstić information content (AvgIpc) is 1.66. The molecular weight excluding hydrogens is 102 g/mol. The summed E-state index contributed by atoms with van der Waals surface area (Å²) in [5, 5.41) is 0. The molecule has 2 N–H and O–H groups in total. The van der Waals surface area contributed by atoms with Crippen LogP contribution in [0.5, 0.6) is 0 Å². The van der Waals surface area contributed by atoms with Gasteiger partial charge in [-0.25, -0.2) is 0 Å². The van der Waals surface area contributed by atoms with E-state index >= 15 is 0 Å². The maximum atomic E-state index is 10.0. The van der Waals surface area contributed by atoms with E-state index in [4.69, 9.17) is 5.73 Å². The number of carbonyl (C=O) groups is 1. The Labute approximate surface area is 48.7 Å². The number of nitrogens with two attached hydrogens (primary N) is 1. The third kappa shape index (κ3) is 4.99. The summed E-state index contributed by atoms with van der Waals surface area (Å²) in [5.74, 6) is -0.281. The van der Waals surface area contributed by atoms with Gasteiger partial charge in [0, 0.05) is 6.42 Å². The third-order valence-electron chi connectivity index (χ3n) is 0.679. The van der Waals surface area contributed by atoms with Crippen molar-refractivity contribution in [1.29, 1.82) is 0 Å². The summed E-state index contributed by atoms with van der Waals surface area (Å²) >= 11 is 0. The van der Waals surface area contributed by atoms with Crippen molar-refractivity contribution in [1.82, 2.24) is 0 Å². The minimum atomic E-state index is -0.281. The lowest BCUT2D eigenvalue weighted by Gasteiger charge is -1.83. The van der Waals surface area contributed by atoms with E-state index in [-0.39, 0.29) is 5.91 Å². The van der Waals surface area contributed by atoms with Crippen molar-refractivity contribution in [3.8, 4) is 0 Å². The molecule has 0 heterocycles. The fourth-order valence-electron chi connectivity index (χ4n) is 0.316. The molecule has 0 atom stereocenters. The monoisotopic (exact) mass is 111 g/mol. The summed E-state index contributed by atoms with van der Waals surface area (Å²) in [4.78, 5) is 10.0. The second kappa shape index (κ2) is 4.16. The van der Waals surface area contributed by atoms with Crippen LogP contribution in [0, 0.1) is 0 Å². The van der Waals surface area contributed by atoms with Gasteiger partial charge in [-0.15, -0.1) is 5.73 Å². The van der Waals surface area contributed by atoms with Crippen LogP contribution in [0.4, 0.5) is 0 Å². The quantitative estimate of drug-likeness (QED) is 0.532. The molecule has 0 unspecified atom stereocenters. The van der Waals surface area contributed by atoms with Crippen LogP contribution in [0.25, 0.3) is 0 Å². The van der Waals surface area contributed by atoms with Crippen molar-refractivity contribution in [2.75, 3.05) is 0 Å². The minimum Gasteiger partial charge on any atom is -0.370 e. The van der Waals surface area contributed by atoms with Gasteiger partial charge in [0.1, 0.15) is 0 Å². The Balaban J connectivity index is 3.18. The van der Waals surface area contributed by atoms with Gasteiger partial charge in [0.15, 0.2) is 0 Å². The zero-order valence-corrected chi connectivity index (χ0v) is 4.68. The summed E-state index contributed by atoms with van der Waals surface area (Å²) < 4.78 is 0. The van der Waals surface area contributed by atoms with E-state index in [1.54, 1.807) is 6.08 Å². The molecule has 1 amide bonds. The topological polar surface area (TPSA) is 43.1 Å². The number of carbonyl (C=O) groups excluding carboxylic acids is 1. The average molecular weight is 111 g/mol. The predicted molar refractivity (Wildman–Crippen MR) is 32.1 cm³/mol. The Bertz CT molecular complexity index is 120. The minimum absolute atomic E-state index is 0.281. The molecule has 0 radical (unpaired) electrons. The van der Waals surface area contributed by atoms with E-state index in [2.05, 4.69) is 12.3 Å². The normalized spacial score (nSPS) is 7.50. The molecule has 8 heavy (non-hydrogen) atoms. The van der Waals surface area contributed by atoms with Crippen LogP contribution in [-0.2, 0) is 4.79 Å². The smallest absolute Gasteiger partial charge is 0.217 e. The van der Waals surface area contributed by atoms with Crippen LogP contribution >= 0.6 is 0 Å². The van der Waals surface area contributed by atoms with Crippen molar-refractivity contribution in [2.24, 2.45) is 5.73 Å². The summed E-state index contributed by atoms with van der Waals surface area (Å²) in [5.41, 5.74) is 7.37. The van der Waals surface area contributed by atoms with Crippen LogP contribution in [0.15, 0.2) is 18.4 Å². The SMILES string of the molecule is C=C=CCCC(N)=O. The molecule has 0 saturated carbocycles. The Hall–Kier alpha value is -1.01. The first-order valence-electron chi connectivity index (χ1n) is 2.40. The molecule has 0 bridgehead atoms. The van der Waals surface area contributed by atoms with Crippen LogP contribution < -0.4 is 5.73 Å². The molecule has 2 nitrogen and oxygen atoms in total. The van der Waals surface area contributed by atoms with Crippen molar-refractivity contribution in [3.05, 3.63) is 18.4 Å². The van der Waals surface area contributed by atoms with Crippen molar-refractivity contribution in [3.63, 3.8) is 0 Å². The third-order valence-corrected chi connectivity index (χ3v) is 0.679. The van der Waals surface area contributed by atoms with E-state index < -0.39 is 0 Å². The standard InChI is InChI=1S/C6H9NO/c1-2-3-4-5-6(7)8/h3H,1,4-5H2,(H2,7,8). The largest absolute Gasteiger partial charge is 0.370 e. The molecule has 0 aliphatic heterocycles. The number of rotatable bonds is 3. The van der Waals surface area contributed by atoms with Gasteiger partial charge in [-0.05, 0) is 12.5 Å². The molecule has 2 heteroatoms. The molecule has 44 valence electrons. The van der Waals surface area contributed by atoms with E-state index in [0.29, 0.717) is 12.8 Å². The molecule has 0 rings (SSSR count). The summed E-state index contributed by atoms with van der Waals surface area (Å²) in [6, 6.07) is 0. The van der Waals surface area contributed by atoms with Crippen LogP contribution in [0.1, 0.15) is 12.8 Å². The molecule has 0 aromatic heterocycles. The van der Waals surface area contributed by atoms with E-state index in [9.17, 15) is 4.79 Å². The molecule has 0 spiro atoms. The number of amides is 1. The lowest BCUT2D eigenvalue weighted by molar-refractivity contribution is -0.117. The first-order valence-corrected chi connectivity index (χ1v) is 2.40. The van der Waals surface area contributed by atoms with Crippen LogP contribution in [0.2, 0.25) is 0 Å². The van der Waals surface area contributed by atoms with Gasteiger partial charge in [-0.2, -0.15) is 0 Å². The van der Waals surface area contributed by atoms with Gasteiger partial charge >= 0.3 is 0 Å². The van der Waals surface area contributed by atoms with E-state index in [0.717, 1.165) is 0 Å². The van der Waals surface area contributed by atoms with Crippen LogP contribution in [0.3, 0.4) is 0 Å². The lowest BCUT2D eigenvalue weighted by Crippen LogP contribution is -2.08.